The number of aromatic hydroxyl groups is 1. The van der Waals surface area contributed by atoms with Crippen molar-refractivity contribution >= 4 is 11.8 Å². The fourth-order valence-electron chi connectivity index (χ4n) is 1.30. The SMILES string of the molecule is CC(C)(C)OC(=O)Nc1ccc(O)c(OCCN)c1. The summed E-state index contributed by atoms with van der Waals surface area (Å²) in [5, 5.41) is 12.1. The van der Waals surface area contributed by atoms with Gasteiger partial charge in [0.1, 0.15) is 12.2 Å². The second-order valence-corrected chi connectivity index (χ2v) is 4.95. The van der Waals surface area contributed by atoms with Crippen molar-refractivity contribution in [1.29, 1.82) is 0 Å². The molecule has 0 fully saturated rings. The van der Waals surface area contributed by atoms with E-state index < -0.39 is 11.7 Å². The molecule has 6 heteroatoms. The standard InChI is InChI=1S/C13H20N2O4/c1-13(2,3)19-12(17)15-9-4-5-10(16)11(8-9)18-7-6-14/h4-5,8,16H,6-7,14H2,1-3H3,(H,15,17). The first kappa shape index (κ1) is 15.1. The van der Waals surface area contributed by atoms with E-state index in [4.69, 9.17) is 15.2 Å². The summed E-state index contributed by atoms with van der Waals surface area (Å²) >= 11 is 0. The van der Waals surface area contributed by atoms with E-state index >= 15 is 0 Å². The zero-order valence-corrected chi connectivity index (χ0v) is 11.4. The zero-order valence-electron chi connectivity index (χ0n) is 11.4. The number of amides is 1. The first-order valence-corrected chi connectivity index (χ1v) is 5.98. The van der Waals surface area contributed by atoms with Gasteiger partial charge in [-0.25, -0.2) is 4.79 Å². The Balaban J connectivity index is 2.71. The van der Waals surface area contributed by atoms with Crippen LogP contribution in [-0.2, 0) is 4.74 Å². The molecule has 1 rings (SSSR count). The molecule has 0 atom stereocenters. The van der Waals surface area contributed by atoms with Gasteiger partial charge in [-0.05, 0) is 32.9 Å². The third kappa shape index (κ3) is 5.48. The molecular formula is C13H20N2O4. The largest absolute Gasteiger partial charge is 0.504 e. The van der Waals surface area contributed by atoms with Gasteiger partial charge in [0.05, 0.1) is 0 Å². The minimum Gasteiger partial charge on any atom is -0.504 e. The van der Waals surface area contributed by atoms with Crippen molar-refractivity contribution in [1.82, 2.24) is 0 Å². The fourth-order valence-corrected chi connectivity index (χ4v) is 1.30. The number of phenols is 1. The Morgan fingerprint density at radius 3 is 2.68 bits per heavy atom. The molecule has 6 nitrogen and oxygen atoms in total. The minimum atomic E-state index is -0.570. The molecule has 0 unspecified atom stereocenters. The van der Waals surface area contributed by atoms with E-state index in [0.29, 0.717) is 12.2 Å². The molecule has 19 heavy (non-hydrogen) atoms. The first-order valence-electron chi connectivity index (χ1n) is 5.98. The molecule has 4 N–H and O–H groups in total. The van der Waals surface area contributed by atoms with Crippen molar-refractivity contribution < 1.29 is 19.4 Å². The third-order valence-electron chi connectivity index (χ3n) is 1.98. The summed E-state index contributed by atoms with van der Waals surface area (Å²) in [4.78, 5) is 11.6. The quantitative estimate of drug-likeness (QED) is 0.727. The summed E-state index contributed by atoms with van der Waals surface area (Å²) in [6.07, 6.45) is -0.567. The molecule has 0 bridgehead atoms. The number of anilines is 1. The molecule has 1 aromatic rings. The number of carbonyl (C=O) groups is 1. The predicted molar refractivity (Wildman–Crippen MR) is 72.5 cm³/mol. The van der Waals surface area contributed by atoms with Crippen LogP contribution in [0, 0.1) is 0 Å². The number of ether oxygens (including phenoxy) is 2. The van der Waals surface area contributed by atoms with E-state index in [1.165, 1.54) is 12.1 Å². The molecular weight excluding hydrogens is 248 g/mol. The lowest BCUT2D eigenvalue weighted by Crippen LogP contribution is -2.27. The van der Waals surface area contributed by atoms with Crippen LogP contribution in [0.3, 0.4) is 0 Å². The van der Waals surface area contributed by atoms with Crippen LogP contribution in [0.5, 0.6) is 11.5 Å². The van der Waals surface area contributed by atoms with Gasteiger partial charge in [-0.3, -0.25) is 5.32 Å². The van der Waals surface area contributed by atoms with Gasteiger partial charge in [0.2, 0.25) is 0 Å². The number of hydrogen-bond acceptors (Lipinski definition) is 5. The van der Waals surface area contributed by atoms with Crippen molar-refractivity contribution in [2.24, 2.45) is 5.73 Å². The van der Waals surface area contributed by atoms with E-state index in [0.717, 1.165) is 0 Å². The number of nitrogens with two attached hydrogens (primary N) is 1. The van der Waals surface area contributed by atoms with Crippen molar-refractivity contribution in [3.05, 3.63) is 18.2 Å². The summed E-state index contributed by atoms with van der Waals surface area (Å²) < 4.78 is 10.4. The van der Waals surface area contributed by atoms with Crippen LogP contribution in [0.2, 0.25) is 0 Å². The van der Waals surface area contributed by atoms with Crippen LogP contribution >= 0.6 is 0 Å². The maximum Gasteiger partial charge on any atom is 0.412 e. The number of hydrogen-bond donors (Lipinski definition) is 3. The maximum atomic E-state index is 11.6. The number of benzene rings is 1. The second-order valence-electron chi connectivity index (χ2n) is 4.95. The Kier molecular flexibility index (Phi) is 5.00. The van der Waals surface area contributed by atoms with Gasteiger partial charge in [-0.2, -0.15) is 0 Å². The Labute approximate surface area is 112 Å². The highest BCUT2D eigenvalue weighted by Crippen LogP contribution is 2.29. The van der Waals surface area contributed by atoms with Crippen LogP contribution in [0.25, 0.3) is 0 Å². The summed E-state index contributed by atoms with van der Waals surface area (Å²) in [6.45, 7) is 5.95. The average molecular weight is 268 g/mol. The van der Waals surface area contributed by atoms with Crippen LogP contribution in [0.1, 0.15) is 20.8 Å². The smallest absolute Gasteiger partial charge is 0.412 e. The van der Waals surface area contributed by atoms with Gasteiger partial charge in [0.15, 0.2) is 11.5 Å². The van der Waals surface area contributed by atoms with Gasteiger partial charge >= 0.3 is 6.09 Å². The molecule has 106 valence electrons. The Bertz CT molecular complexity index is 441. The Morgan fingerprint density at radius 1 is 1.42 bits per heavy atom. The van der Waals surface area contributed by atoms with E-state index in [9.17, 15) is 9.90 Å². The molecule has 0 spiro atoms. The van der Waals surface area contributed by atoms with Crippen molar-refractivity contribution in [3.8, 4) is 11.5 Å². The molecule has 1 aromatic carbocycles. The Morgan fingerprint density at radius 2 is 2.11 bits per heavy atom. The van der Waals surface area contributed by atoms with Crippen LogP contribution in [0.4, 0.5) is 10.5 Å². The average Bonchev–Trinajstić information content (AvgIpc) is 2.27. The molecule has 0 radical (unpaired) electrons. The highest BCUT2D eigenvalue weighted by molar-refractivity contribution is 5.85. The van der Waals surface area contributed by atoms with E-state index in [-0.39, 0.29) is 18.1 Å². The van der Waals surface area contributed by atoms with Crippen LogP contribution in [-0.4, -0.2) is 30.0 Å². The van der Waals surface area contributed by atoms with Crippen molar-refractivity contribution in [3.63, 3.8) is 0 Å². The zero-order chi connectivity index (χ0) is 14.5. The molecule has 0 heterocycles. The molecule has 0 aliphatic heterocycles. The molecule has 0 aliphatic carbocycles. The van der Waals surface area contributed by atoms with Crippen LogP contribution < -0.4 is 15.8 Å². The molecule has 1 amide bonds. The summed E-state index contributed by atoms with van der Waals surface area (Å²) in [7, 11) is 0. The summed E-state index contributed by atoms with van der Waals surface area (Å²) in [5.41, 5.74) is 5.22. The molecule has 0 aliphatic rings. The van der Waals surface area contributed by atoms with Gasteiger partial charge in [-0.1, -0.05) is 0 Å². The molecule has 0 saturated heterocycles. The number of nitrogens with one attached hydrogen (secondary N) is 1. The second kappa shape index (κ2) is 6.29. The third-order valence-corrected chi connectivity index (χ3v) is 1.98. The lowest BCUT2D eigenvalue weighted by molar-refractivity contribution is 0.0636. The van der Waals surface area contributed by atoms with Crippen molar-refractivity contribution in [2.75, 3.05) is 18.5 Å². The lowest BCUT2D eigenvalue weighted by Gasteiger charge is -2.19. The van der Waals surface area contributed by atoms with Gasteiger partial charge < -0.3 is 20.3 Å². The number of rotatable bonds is 4. The van der Waals surface area contributed by atoms with Gasteiger partial charge in [0, 0.05) is 18.3 Å². The molecule has 0 saturated carbocycles. The topological polar surface area (TPSA) is 93.8 Å². The first-order chi connectivity index (χ1) is 8.81. The Hall–Kier alpha value is -1.95. The normalized spacial score (nSPS) is 10.9. The number of phenolic OH excluding ortho intramolecular Hbond substituents is 1. The minimum absolute atomic E-state index is 0.0109. The summed E-state index contributed by atoms with van der Waals surface area (Å²) in [6, 6.07) is 4.49. The van der Waals surface area contributed by atoms with E-state index in [1.807, 2.05) is 0 Å². The fraction of sp³-hybridized carbons (Fsp3) is 0.462. The van der Waals surface area contributed by atoms with Gasteiger partial charge in [0.25, 0.3) is 0 Å². The van der Waals surface area contributed by atoms with Gasteiger partial charge in [-0.15, -0.1) is 0 Å². The highest BCUT2D eigenvalue weighted by atomic mass is 16.6. The predicted octanol–water partition coefficient (Wildman–Crippen LogP) is 2.08. The monoisotopic (exact) mass is 268 g/mol. The van der Waals surface area contributed by atoms with Crippen LogP contribution in [0.15, 0.2) is 18.2 Å². The molecule has 0 aromatic heterocycles. The van der Waals surface area contributed by atoms with E-state index in [2.05, 4.69) is 5.32 Å². The number of carbonyl (C=O) groups excluding carboxylic acids is 1. The van der Waals surface area contributed by atoms with E-state index in [1.54, 1.807) is 26.8 Å². The van der Waals surface area contributed by atoms with Crippen molar-refractivity contribution in [2.45, 2.75) is 26.4 Å². The summed E-state index contributed by atoms with van der Waals surface area (Å²) in [5.74, 6) is 0.252. The highest BCUT2D eigenvalue weighted by Gasteiger charge is 2.16. The maximum absolute atomic E-state index is 11.6. The lowest BCUT2D eigenvalue weighted by atomic mass is 10.2.